The van der Waals surface area contributed by atoms with E-state index in [2.05, 4.69) is 36.3 Å². The third kappa shape index (κ3) is 2.88. The van der Waals surface area contributed by atoms with Gasteiger partial charge in [0.15, 0.2) is 0 Å². The second-order valence-corrected chi connectivity index (χ2v) is 7.01. The van der Waals surface area contributed by atoms with Crippen LogP contribution in [0.15, 0.2) is 11.4 Å². The third-order valence-corrected chi connectivity index (χ3v) is 4.72. The normalized spacial score (nSPS) is 11.6. The maximum absolute atomic E-state index is 11.9. The molecule has 2 aromatic heterocycles. The second kappa shape index (κ2) is 4.95. The highest BCUT2D eigenvalue weighted by molar-refractivity contribution is 7.16. The van der Waals surface area contributed by atoms with Crippen molar-refractivity contribution in [1.29, 1.82) is 0 Å². The quantitative estimate of drug-likeness (QED) is 0.918. The molecule has 0 atom stereocenters. The molecule has 1 amide bonds. The van der Waals surface area contributed by atoms with Crippen LogP contribution in [0.5, 0.6) is 0 Å². The fourth-order valence-corrected chi connectivity index (χ4v) is 3.02. The van der Waals surface area contributed by atoms with Crippen molar-refractivity contribution in [2.45, 2.75) is 26.2 Å². The van der Waals surface area contributed by atoms with Crippen LogP contribution in [-0.4, -0.2) is 16.1 Å². The summed E-state index contributed by atoms with van der Waals surface area (Å²) in [5.41, 5.74) is -0.0682. The summed E-state index contributed by atoms with van der Waals surface area (Å²) in [7, 11) is 0. The monoisotopic (exact) mass is 301 g/mol. The zero-order valence-electron chi connectivity index (χ0n) is 10.2. The van der Waals surface area contributed by atoms with Gasteiger partial charge in [-0.05, 0) is 11.4 Å². The first-order chi connectivity index (χ1) is 8.38. The molecule has 0 aliphatic carbocycles. The molecule has 1 N–H and O–H groups in total. The summed E-state index contributed by atoms with van der Waals surface area (Å²) in [6.07, 6.45) is 0. The molecule has 2 aromatic rings. The lowest BCUT2D eigenvalue weighted by Gasteiger charge is -2.12. The molecular formula is C11H12ClN3OS2. The van der Waals surface area contributed by atoms with E-state index in [0.29, 0.717) is 15.0 Å². The summed E-state index contributed by atoms with van der Waals surface area (Å²) in [6.45, 7) is 6.15. The third-order valence-electron chi connectivity index (χ3n) is 2.11. The molecule has 0 unspecified atom stereocenters. The summed E-state index contributed by atoms with van der Waals surface area (Å²) >= 11 is 8.58. The van der Waals surface area contributed by atoms with Crippen LogP contribution in [0.4, 0.5) is 5.13 Å². The van der Waals surface area contributed by atoms with Gasteiger partial charge in [0.1, 0.15) is 9.88 Å². The van der Waals surface area contributed by atoms with Gasteiger partial charge in [-0.1, -0.05) is 43.7 Å². The lowest BCUT2D eigenvalue weighted by Crippen LogP contribution is -2.10. The number of carbonyl (C=O) groups excluding carboxylic acids is 1. The van der Waals surface area contributed by atoms with Crippen molar-refractivity contribution < 1.29 is 4.79 Å². The first kappa shape index (κ1) is 13.5. The second-order valence-electron chi connectivity index (χ2n) is 4.71. The fraction of sp³-hybridized carbons (Fsp3) is 0.364. The van der Waals surface area contributed by atoms with E-state index in [1.807, 2.05) is 0 Å². The molecule has 0 fully saturated rings. The van der Waals surface area contributed by atoms with Crippen LogP contribution in [0.25, 0.3) is 0 Å². The molecule has 0 aromatic carbocycles. The van der Waals surface area contributed by atoms with E-state index in [1.54, 1.807) is 11.4 Å². The molecule has 2 rings (SSSR count). The highest BCUT2D eigenvalue weighted by atomic mass is 35.5. The Bertz CT molecular complexity index is 571. The molecule has 96 valence electrons. The summed E-state index contributed by atoms with van der Waals surface area (Å²) < 4.78 is 0. The topological polar surface area (TPSA) is 54.9 Å². The van der Waals surface area contributed by atoms with Crippen molar-refractivity contribution in [1.82, 2.24) is 10.2 Å². The van der Waals surface area contributed by atoms with Gasteiger partial charge in [-0.15, -0.1) is 21.5 Å². The molecule has 0 saturated carbocycles. The molecule has 4 nitrogen and oxygen atoms in total. The molecule has 7 heteroatoms. The molecule has 0 aliphatic heterocycles. The highest BCUT2D eigenvalue weighted by Gasteiger charge is 2.21. The number of amides is 1. The van der Waals surface area contributed by atoms with Gasteiger partial charge in [0.2, 0.25) is 5.13 Å². The number of nitrogens with zero attached hydrogens (tertiary/aromatic N) is 2. The van der Waals surface area contributed by atoms with E-state index >= 15 is 0 Å². The SMILES string of the molecule is CC(C)(C)c1nnc(NC(=O)c2sccc2Cl)s1. The van der Waals surface area contributed by atoms with E-state index in [4.69, 9.17) is 11.6 Å². The minimum atomic E-state index is -0.244. The minimum Gasteiger partial charge on any atom is -0.296 e. The lowest BCUT2D eigenvalue weighted by molar-refractivity contribution is 0.103. The zero-order chi connectivity index (χ0) is 13.3. The molecule has 0 bridgehead atoms. The average molecular weight is 302 g/mol. The molecule has 0 radical (unpaired) electrons. The number of hydrogen-bond donors (Lipinski definition) is 1. The van der Waals surface area contributed by atoms with E-state index < -0.39 is 0 Å². The van der Waals surface area contributed by atoms with Gasteiger partial charge in [0.05, 0.1) is 5.02 Å². The Morgan fingerprint density at radius 3 is 2.61 bits per heavy atom. The van der Waals surface area contributed by atoms with Crippen molar-refractivity contribution in [2.24, 2.45) is 0 Å². The summed E-state index contributed by atoms with van der Waals surface area (Å²) in [5.74, 6) is -0.244. The van der Waals surface area contributed by atoms with Gasteiger partial charge in [-0.3, -0.25) is 10.1 Å². The molecular weight excluding hydrogens is 290 g/mol. The first-order valence-corrected chi connectivity index (χ1v) is 7.33. The Morgan fingerprint density at radius 1 is 1.39 bits per heavy atom. The summed E-state index contributed by atoms with van der Waals surface area (Å²) in [4.78, 5) is 12.4. The number of rotatable bonds is 2. The number of thiophene rings is 1. The van der Waals surface area contributed by atoms with Crippen molar-refractivity contribution in [3.05, 3.63) is 26.4 Å². The average Bonchev–Trinajstić information content (AvgIpc) is 2.85. The molecule has 18 heavy (non-hydrogen) atoms. The Balaban J connectivity index is 2.13. The maximum Gasteiger partial charge on any atom is 0.269 e. The zero-order valence-corrected chi connectivity index (χ0v) is 12.5. The van der Waals surface area contributed by atoms with E-state index in [0.717, 1.165) is 5.01 Å². The summed E-state index contributed by atoms with van der Waals surface area (Å²) in [6, 6.07) is 1.70. The van der Waals surface area contributed by atoms with Crippen molar-refractivity contribution >= 4 is 45.3 Å². The molecule has 0 aliphatic rings. The van der Waals surface area contributed by atoms with Crippen molar-refractivity contribution in [2.75, 3.05) is 5.32 Å². The number of halogens is 1. The Hall–Kier alpha value is -0.980. The number of nitrogens with one attached hydrogen (secondary N) is 1. The van der Waals surface area contributed by atoms with Gasteiger partial charge >= 0.3 is 0 Å². The smallest absolute Gasteiger partial charge is 0.269 e. The van der Waals surface area contributed by atoms with Gasteiger partial charge < -0.3 is 0 Å². The minimum absolute atomic E-state index is 0.0682. The predicted molar refractivity (Wildman–Crippen MR) is 75.9 cm³/mol. The highest BCUT2D eigenvalue weighted by Crippen LogP contribution is 2.29. The van der Waals surface area contributed by atoms with Crippen LogP contribution in [-0.2, 0) is 5.41 Å². The van der Waals surface area contributed by atoms with Crippen LogP contribution >= 0.6 is 34.3 Å². The molecule has 0 spiro atoms. The van der Waals surface area contributed by atoms with Gasteiger partial charge in [-0.25, -0.2) is 0 Å². The Morgan fingerprint density at radius 2 is 2.11 bits per heavy atom. The van der Waals surface area contributed by atoms with Gasteiger partial charge in [0.25, 0.3) is 5.91 Å². The van der Waals surface area contributed by atoms with E-state index in [-0.39, 0.29) is 11.3 Å². The number of carbonyl (C=O) groups is 1. The van der Waals surface area contributed by atoms with Gasteiger partial charge in [-0.2, -0.15) is 0 Å². The molecule has 0 saturated heterocycles. The first-order valence-electron chi connectivity index (χ1n) is 5.26. The van der Waals surface area contributed by atoms with E-state index in [1.165, 1.54) is 22.7 Å². The van der Waals surface area contributed by atoms with Crippen LogP contribution in [0.3, 0.4) is 0 Å². The van der Waals surface area contributed by atoms with Crippen molar-refractivity contribution in [3.8, 4) is 0 Å². The summed E-state index contributed by atoms with van der Waals surface area (Å²) in [5, 5.41) is 14.3. The van der Waals surface area contributed by atoms with Crippen LogP contribution in [0, 0.1) is 0 Å². The lowest BCUT2D eigenvalue weighted by atomic mass is 9.98. The standard InChI is InChI=1S/C11H12ClN3OS2/c1-11(2,3)9-14-15-10(18-9)13-8(16)7-6(12)4-5-17-7/h4-5H,1-3H3,(H,13,15,16). The van der Waals surface area contributed by atoms with E-state index in [9.17, 15) is 4.79 Å². The van der Waals surface area contributed by atoms with Crippen LogP contribution in [0.2, 0.25) is 5.02 Å². The van der Waals surface area contributed by atoms with Crippen LogP contribution in [0.1, 0.15) is 35.5 Å². The van der Waals surface area contributed by atoms with Crippen molar-refractivity contribution in [3.63, 3.8) is 0 Å². The predicted octanol–water partition coefficient (Wildman–Crippen LogP) is 3.80. The molecule has 2 heterocycles. The number of aromatic nitrogens is 2. The fourth-order valence-electron chi connectivity index (χ4n) is 1.19. The Kier molecular flexibility index (Phi) is 3.70. The largest absolute Gasteiger partial charge is 0.296 e. The maximum atomic E-state index is 11.9. The number of hydrogen-bond acceptors (Lipinski definition) is 5. The van der Waals surface area contributed by atoms with Crippen LogP contribution < -0.4 is 5.32 Å². The Labute approximate surface area is 118 Å². The van der Waals surface area contributed by atoms with Gasteiger partial charge in [0, 0.05) is 5.41 Å². The number of anilines is 1.